The lowest BCUT2D eigenvalue weighted by Gasteiger charge is -2.10. The molecule has 0 aromatic heterocycles. The minimum absolute atomic E-state index is 0.154. The molecule has 7 nitrogen and oxygen atoms in total. The van der Waals surface area contributed by atoms with Crippen molar-refractivity contribution < 1.29 is 19.1 Å². The van der Waals surface area contributed by atoms with Gasteiger partial charge in [-0.15, -0.1) is 0 Å². The minimum atomic E-state index is -0.308. The quantitative estimate of drug-likeness (QED) is 0.298. The molecule has 0 saturated carbocycles. The molecule has 0 aliphatic rings. The van der Waals surface area contributed by atoms with Gasteiger partial charge in [-0.2, -0.15) is 0 Å². The number of nitrogens with one attached hydrogen (secondary N) is 3. The molecular weight excluding hydrogens is 414 g/mol. The predicted molar refractivity (Wildman–Crippen MR) is 124 cm³/mol. The first-order valence-corrected chi connectivity index (χ1v) is 10.5. The van der Waals surface area contributed by atoms with E-state index in [9.17, 15) is 14.4 Å². The first-order valence-electron chi connectivity index (χ1n) is 10.1. The Bertz CT molecular complexity index is 885. The van der Waals surface area contributed by atoms with Gasteiger partial charge in [0.15, 0.2) is 5.11 Å². The zero-order chi connectivity index (χ0) is 22.5. The molecule has 2 rings (SSSR count). The Balaban J connectivity index is 1.57. The van der Waals surface area contributed by atoms with Gasteiger partial charge in [0.05, 0.1) is 6.61 Å². The number of hydrogen-bond acceptors (Lipinski definition) is 5. The average Bonchev–Trinajstić information content (AvgIpc) is 2.77. The maximum Gasteiger partial charge on any atom is 0.305 e. The zero-order valence-corrected chi connectivity index (χ0v) is 18.3. The largest absolute Gasteiger partial charge is 0.466 e. The van der Waals surface area contributed by atoms with Gasteiger partial charge in [-0.25, -0.2) is 0 Å². The van der Waals surface area contributed by atoms with Gasteiger partial charge in [0.1, 0.15) is 0 Å². The van der Waals surface area contributed by atoms with Gasteiger partial charge in [-0.05, 0) is 61.3 Å². The number of carbonyl (C=O) groups is 3. The lowest BCUT2D eigenvalue weighted by atomic mass is 10.1. The van der Waals surface area contributed by atoms with Crippen molar-refractivity contribution in [2.75, 3.05) is 19.0 Å². The number of aryl methyl sites for hydroxylation is 1. The van der Waals surface area contributed by atoms with Crippen LogP contribution < -0.4 is 16.0 Å². The highest BCUT2D eigenvalue weighted by Gasteiger charge is 2.09. The summed E-state index contributed by atoms with van der Waals surface area (Å²) < 4.78 is 5.20. The molecule has 0 aliphatic heterocycles. The molecule has 0 bridgehead atoms. The van der Waals surface area contributed by atoms with Crippen LogP contribution in [0.2, 0.25) is 0 Å². The highest BCUT2D eigenvalue weighted by atomic mass is 32.1. The maximum absolute atomic E-state index is 12.0. The molecule has 0 saturated heterocycles. The molecule has 0 heterocycles. The summed E-state index contributed by atoms with van der Waals surface area (Å²) in [7, 11) is 1.56. The maximum atomic E-state index is 12.0. The third-order valence-electron chi connectivity index (χ3n) is 4.39. The Morgan fingerprint density at radius 2 is 1.65 bits per heavy atom. The van der Waals surface area contributed by atoms with E-state index in [1.54, 1.807) is 31.3 Å². The van der Waals surface area contributed by atoms with Crippen LogP contribution in [0.3, 0.4) is 0 Å². The molecule has 2 amide bonds. The van der Waals surface area contributed by atoms with Crippen molar-refractivity contribution in [1.82, 2.24) is 10.6 Å². The summed E-state index contributed by atoms with van der Waals surface area (Å²) in [6.07, 6.45) is 2.35. The fourth-order valence-corrected chi connectivity index (χ4v) is 3.00. The summed E-state index contributed by atoms with van der Waals surface area (Å²) in [5.74, 6) is -0.772. The van der Waals surface area contributed by atoms with Gasteiger partial charge in [-0.3, -0.25) is 14.4 Å². The third kappa shape index (κ3) is 9.39. The van der Waals surface area contributed by atoms with Crippen LogP contribution in [0.4, 0.5) is 5.69 Å². The summed E-state index contributed by atoms with van der Waals surface area (Å²) in [5.41, 5.74) is 2.38. The Kier molecular flexibility index (Phi) is 10.2. The van der Waals surface area contributed by atoms with Crippen molar-refractivity contribution in [1.29, 1.82) is 0 Å². The van der Waals surface area contributed by atoms with Gasteiger partial charge in [0, 0.05) is 31.1 Å². The van der Waals surface area contributed by atoms with Crippen molar-refractivity contribution in [2.45, 2.75) is 32.1 Å². The van der Waals surface area contributed by atoms with Crippen molar-refractivity contribution >= 4 is 40.8 Å². The number of hydrogen-bond donors (Lipinski definition) is 3. The smallest absolute Gasteiger partial charge is 0.305 e. The van der Waals surface area contributed by atoms with Crippen molar-refractivity contribution in [3.05, 3.63) is 65.7 Å². The van der Waals surface area contributed by atoms with Crippen molar-refractivity contribution in [3.63, 3.8) is 0 Å². The van der Waals surface area contributed by atoms with Crippen LogP contribution in [0.5, 0.6) is 0 Å². The van der Waals surface area contributed by atoms with E-state index in [1.807, 2.05) is 30.3 Å². The van der Waals surface area contributed by atoms with E-state index in [1.165, 1.54) is 5.56 Å². The van der Waals surface area contributed by atoms with E-state index in [0.29, 0.717) is 24.3 Å². The summed E-state index contributed by atoms with van der Waals surface area (Å²) >= 11 is 5.12. The van der Waals surface area contributed by atoms with Crippen LogP contribution in [0, 0.1) is 0 Å². The van der Waals surface area contributed by atoms with E-state index in [4.69, 9.17) is 17.0 Å². The number of ether oxygens (including phenoxy) is 1. The number of rotatable bonds is 10. The Labute approximate surface area is 187 Å². The fourth-order valence-electron chi connectivity index (χ4n) is 2.77. The van der Waals surface area contributed by atoms with Gasteiger partial charge in [0.2, 0.25) is 5.91 Å². The monoisotopic (exact) mass is 441 g/mol. The molecule has 8 heteroatoms. The molecule has 0 fully saturated rings. The van der Waals surface area contributed by atoms with Crippen LogP contribution in [-0.2, 0) is 20.7 Å². The molecule has 0 aliphatic carbocycles. The molecule has 2 aromatic carbocycles. The average molecular weight is 442 g/mol. The van der Waals surface area contributed by atoms with Crippen LogP contribution in [0.15, 0.2) is 54.6 Å². The first-order chi connectivity index (χ1) is 15.0. The summed E-state index contributed by atoms with van der Waals surface area (Å²) in [6.45, 7) is 0.368. The second-order valence-corrected chi connectivity index (χ2v) is 7.23. The molecule has 0 radical (unpaired) electrons. The van der Waals surface area contributed by atoms with Gasteiger partial charge >= 0.3 is 5.97 Å². The number of amides is 2. The summed E-state index contributed by atoms with van der Waals surface area (Å²) in [5, 5.41) is 8.15. The molecule has 3 N–H and O–H groups in total. The molecule has 31 heavy (non-hydrogen) atoms. The highest BCUT2D eigenvalue weighted by molar-refractivity contribution is 7.80. The predicted octanol–water partition coefficient (Wildman–Crippen LogP) is 3.21. The first kappa shape index (κ1) is 24.0. The second-order valence-electron chi connectivity index (χ2n) is 6.82. The van der Waals surface area contributed by atoms with Gasteiger partial charge in [-0.1, -0.05) is 30.3 Å². The standard InChI is InChI=1S/C23H27N3O4S/c1-24-22(29)18-12-14-19(15-13-18)25-23(31)26-20(27)10-5-11-21(28)30-16-6-9-17-7-3-2-4-8-17/h2-4,7-8,12-15H,5-6,9-11,16H2,1H3,(H,24,29)(H2,25,26,27,31). The minimum Gasteiger partial charge on any atom is -0.466 e. The van der Waals surface area contributed by atoms with E-state index in [-0.39, 0.29) is 35.7 Å². The molecule has 0 unspecified atom stereocenters. The fraction of sp³-hybridized carbons (Fsp3) is 0.304. The topological polar surface area (TPSA) is 96.5 Å². The van der Waals surface area contributed by atoms with E-state index < -0.39 is 0 Å². The normalized spacial score (nSPS) is 10.1. The zero-order valence-electron chi connectivity index (χ0n) is 17.5. The highest BCUT2D eigenvalue weighted by Crippen LogP contribution is 2.09. The van der Waals surface area contributed by atoms with Crippen molar-refractivity contribution in [2.24, 2.45) is 0 Å². The number of esters is 1. The number of anilines is 1. The third-order valence-corrected chi connectivity index (χ3v) is 4.59. The van der Waals surface area contributed by atoms with Crippen LogP contribution in [0.25, 0.3) is 0 Å². The second kappa shape index (κ2) is 13.1. The number of thiocarbonyl (C=S) groups is 1. The van der Waals surface area contributed by atoms with E-state index >= 15 is 0 Å². The summed E-state index contributed by atoms with van der Waals surface area (Å²) in [4.78, 5) is 35.3. The lowest BCUT2D eigenvalue weighted by molar-refractivity contribution is -0.143. The Morgan fingerprint density at radius 1 is 0.935 bits per heavy atom. The molecular formula is C23H27N3O4S. The number of benzene rings is 2. The van der Waals surface area contributed by atoms with Crippen LogP contribution >= 0.6 is 12.2 Å². The Morgan fingerprint density at radius 3 is 2.32 bits per heavy atom. The molecule has 0 atom stereocenters. The molecule has 0 spiro atoms. The molecule has 164 valence electrons. The molecule has 2 aromatic rings. The van der Waals surface area contributed by atoms with E-state index in [0.717, 1.165) is 12.8 Å². The Hall–Kier alpha value is -3.26. The van der Waals surface area contributed by atoms with Crippen LogP contribution in [-0.4, -0.2) is 36.6 Å². The van der Waals surface area contributed by atoms with Crippen LogP contribution in [0.1, 0.15) is 41.6 Å². The van der Waals surface area contributed by atoms with Crippen molar-refractivity contribution in [3.8, 4) is 0 Å². The SMILES string of the molecule is CNC(=O)c1ccc(NC(=S)NC(=O)CCCC(=O)OCCCc2ccccc2)cc1. The summed E-state index contributed by atoms with van der Waals surface area (Å²) in [6, 6.07) is 16.7. The van der Waals surface area contributed by atoms with Gasteiger partial charge < -0.3 is 20.7 Å². The lowest BCUT2D eigenvalue weighted by Crippen LogP contribution is -2.34. The number of carbonyl (C=O) groups excluding carboxylic acids is 3. The van der Waals surface area contributed by atoms with E-state index in [2.05, 4.69) is 16.0 Å². The van der Waals surface area contributed by atoms with Gasteiger partial charge in [0.25, 0.3) is 5.91 Å².